The van der Waals surface area contributed by atoms with Gasteiger partial charge in [0.25, 0.3) is 0 Å². The summed E-state index contributed by atoms with van der Waals surface area (Å²) in [6.45, 7) is 1.77. The van der Waals surface area contributed by atoms with Crippen molar-refractivity contribution in [2.45, 2.75) is 37.6 Å². The number of amides is 1. The number of aromatic nitrogens is 2. The SMILES string of the molecule is COCCn1nccc1C12CCC(C1)C2C(=O)NCCc1ccccc1F. The Morgan fingerprint density at radius 3 is 3.04 bits per heavy atom. The second-order valence-electron chi connectivity index (χ2n) is 7.70. The molecule has 1 aromatic carbocycles. The zero-order valence-corrected chi connectivity index (χ0v) is 15.7. The van der Waals surface area contributed by atoms with Gasteiger partial charge in [0.2, 0.25) is 5.91 Å². The van der Waals surface area contributed by atoms with Crippen LogP contribution in [0.5, 0.6) is 0 Å². The number of hydrogen-bond donors (Lipinski definition) is 1. The molecule has 27 heavy (non-hydrogen) atoms. The number of carbonyl (C=O) groups excluding carboxylic acids is 1. The summed E-state index contributed by atoms with van der Waals surface area (Å²) in [6, 6.07) is 8.78. The van der Waals surface area contributed by atoms with Gasteiger partial charge in [-0.05, 0) is 49.3 Å². The van der Waals surface area contributed by atoms with Gasteiger partial charge < -0.3 is 10.1 Å². The Hall–Kier alpha value is -2.21. The van der Waals surface area contributed by atoms with Crippen LogP contribution >= 0.6 is 0 Å². The number of methoxy groups -OCH3 is 1. The highest BCUT2D eigenvalue weighted by Crippen LogP contribution is 2.63. The third kappa shape index (κ3) is 3.16. The molecular weight excluding hydrogens is 345 g/mol. The third-order valence-electron chi connectivity index (χ3n) is 6.32. The minimum atomic E-state index is -0.214. The summed E-state index contributed by atoms with van der Waals surface area (Å²) in [7, 11) is 1.68. The molecule has 3 fully saturated rings. The van der Waals surface area contributed by atoms with E-state index < -0.39 is 0 Å². The van der Waals surface area contributed by atoms with Gasteiger partial charge in [-0.15, -0.1) is 0 Å². The van der Waals surface area contributed by atoms with E-state index in [4.69, 9.17) is 4.74 Å². The molecular formula is C21H26FN3O2. The van der Waals surface area contributed by atoms with Gasteiger partial charge in [0.1, 0.15) is 5.82 Å². The summed E-state index contributed by atoms with van der Waals surface area (Å²) in [5.74, 6) is 0.328. The molecule has 3 atom stereocenters. The number of halogens is 1. The predicted molar refractivity (Wildman–Crippen MR) is 99.7 cm³/mol. The van der Waals surface area contributed by atoms with E-state index in [-0.39, 0.29) is 23.1 Å². The largest absolute Gasteiger partial charge is 0.383 e. The van der Waals surface area contributed by atoms with Crippen LogP contribution in [0.4, 0.5) is 4.39 Å². The number of nitrogens with zero attached hydrogens (tertiary/aromatic N) is 2. The van der Waals surface area contributed by atoms with Crippen molar-refractivity contribution in [3.63, 3.8) is 0 Å². The van der Waals surface area contributed by atoms with Crippen molar-refractivity contribution < 1.29 is 13.9 Å². The van der Waals surface area contributed by atoms with E-state index in [1.165, 1.54) is 6.07 Å². The van der Waals surface area contributed by atoms with E-state index >= 15 is 0 Å². The average Bonchev–Trinajstić information content (AvgIpc) is 3.36. The lowest BCUT2D eigenvalue weighted by Crippen LogP contribution is -2.53. The summed E-state index contributed by atoms with van der Waals surface area (Å²) in [4.78, 5) is 12.9. The predicted octanol–water partition coefficient (Wildman–Crippen LogP) is 2.70. The summed E-state index contributed by atoms with van der Waals surface area (Å²) in [5, 5.41) is 7.49. The lowest BCUT2D eigenvalue weighted by Gasteiger charge is -2.46. The van der Waals surface area contributed by atoms with Crippen LogP contribution in [-0.2, 0) is 27.9 Å². The highest BCUT2D eigenvalue weighted by atomic mass is 19.1. The van der Waals surface area contributed by atoms with Gasteiger partial charge in [-0.2, -0.15) is 5.10 Å². The minimum absolute atomic E-state index is 0.00360. The average molecular weight is 371 g/mol. The van der Waals surface area contributed by atoms with E-state index in [1.807, 2.05) is 16.9 Å². The number of nitrogens with one attached hydrogen (secondary N) is 1. The maximum atomic E-state index is 13.7. The van der Waals surface area contributed by atoms with Gasteiger partial charge >= 0.3 is 0 Å². The highest BCUT2D eigenvalue weighted by molar-refractivity contribution is 5.82. The number of carbonyl (C=O) groups is 1. The van der Waals surface area contributed by atoms with E-state index in [1.54, 1.807) is 19.2 Å². The van der Waals surface area contributed by atoms with Crippen molar-refractivity contribution >= 4 is 5.91 Å². The molecule has 6 heteroatoms. The third-order valence-corrected chi connectivity index (χ3v) is 6.32. The van der Waals surface area contributed by atoms with Gasteiger partial charge in [-0.1, -0.05) is 18.2 Å². The van der Waals surface area contributed by atoms with Gasteiger partial charge in [-0.25, -0.2) is 4.39 Å². The summed E-state index contributed by atoms with van der Waals surface area (Å²) in [6.07, 6.45) is 5.49. The Bertz CT molecular complexity index is 817. The van der Waals surface area contributed by atoms with Gasteiger partial charge in [-0.3, -0.25) is 9.48 Å². The van der Waals surface area contributed by atoms with Crippen LogP contribution in [0.2, 0.25) is 0 Å². The van der Waals surface area contributed by atoms with E-state index in [0.717, 1.165) is 25.0 Å². The Morgan fingerprint density at radius 1 is 1.41 bits per heavy atom. The molecule has 3 aliphatic rings. The Morgan fingerprint density at radius 2 is 2.26 bits per heavy atom. The topological polar surface area (TPSA) is 56.2 Å². The number of fused-ring (bicyclic) bond motifs is 1. The van der Waals surface area contributed by atoms with Crippen LogP contribution in [0, 0.1) is 17.7 Å². The summed E-state index contributed by atoms with van der Waals surface area (Å²) in [5.41, 5.74) is 1.70. The van der Waals surface area contributed by atoms with Gasteiger partial charge in [0, 0.05) is 31.0 Å². The first-order chi connectivity index (χ1) is 13.2. The summed E-state index contributed by atoms with van der Waals surface area (Å²) < 4.78 is 20.9. The van der Waals surface area contributed by atoms with Crippen LogP contribution < -0.4 is 5.32 Å². The molecule has 5 rings (SSSR count). The molecule has 0 saturated heterocycles. The molecule has 1 N–H and O–H groups in total. The van der Waals surface area contributed by atoms with Crippen LogP contribution in [0.25, 0.3) is 0 Å². The molecule has 0 radical (unpaired) electrons. The van der Waals surface area contributed by atoms with Crippen molar-refractivity contribution in [2.75, 3.05) is 20.3 Å². The van der Waals surface area contributed by atoms with Crippen LogP contribution in [0.1, 0.15) is 30.5 Å². The van der Waals surface area contributed by atoms with Crippen molar-refractivity contribution in [3.8, 4) is 0 Å². The minimum Gasteiger partial charge on any atom is -0.383 e. The lowest BCUT2D eigenvalue weighted by molar-refractivity contribution is -0.133. The first-order valence-electron chi connectivity index (χ1n) is 9.68. The first kappa shape index (κ1) is 18.2. The quantitative estimate of drug-likeness (QED) is 0.776. The fourth-order valence-electron chi connectivity index (χ4n) is 5.07. The second kappa shape index (κ2) is 7.43. The molecule has 3 saturated carbocycles. The molecule has 2 aromatic rings. The normalized spacial score (nSPS) is 26.0. The van der Waals surface area contributed by atoms with Gasteiger partial charge in [0.15, 0.2) is 0 Å². The van der Waals surface area contributed by atoms with Crippen LogP contribution in [-0.4, -0.2) is 35.9 Å². The van der Waals surface area contributed by atoms with Crippen molar-refractivity contribution in [3.05, 3.63) is 53.6 Å². The lowest BCUT2D eigenvalue weighted by atomic mass is 9.58. The fraction of sp³-hybridized carbons (Fsp3) is 0.524. The fourth-order valence-corrected chi connectivity index (χ4v) is 5.07. The van der Waals surface area contributed by atoms with Crippen LogP contribution in [0.3, 0.4) is 0 Å². The maximum absolute atomic E-state index is 13.7. The monoisotopic (exact) mass is 371 g/mol. The highest BCUT2D eigenvalue weighted by Gasteiger charge is 2.63. The summed E-state index contributed by atoms with van der Waals surface area (Å²) >= 11 is 0. The standard InChI is InChI=1S/C21H26FN3O2/c1-27-13-12-25-18(8-11-24-25)21-9-6-16(14-21)19(21)20(26)23-10-7-15-4-2-3-5-17(15)22/h2-5,8,11,16,19H,6-7,9-10,12-14H2,1H3,(H,23,26). The van der Waals surface area contributed by atoms with Gasteiger partial charge in [0.05, 0.1) is 19.1 Å². The Balaban J connectivity index is 1.42. The molecule has 144 valence electrons. The molecule has 2 bridgehead atoms. The number of benzene rings is 1. The molecule has 3 unspecified atom stereocenters. The number of ether oxygens (including phenoxy) is 1. The van der Waals surface area contributed by atoms with E-state index in [9.17, 15) is 9.18 Å². The smallest absolute Gasteiger partial charge is 0.224 e. The molecule has 1 amide bonds. The molecule has 0 aliphatic heterocycles. The Kier molecular flexibility index (Phi) is 5.00. The van der Waals surface area contributed by atoms with E-state index in [2.05, 4.69) is 16.5 Å². The van der Waals surface area contributed by atoms with Crippen molar-refractivity contribution in [1.82, 2.24) is 15.1 Å². The molecule has 5 nitrogen and oxygen atoms in total. The second-order valence-corrected chi connectivity index (χ2v) is 7.70. The zero-order chi connectivity index (χ0) is 18.9. The number of rotatable bonds is 8. The van der Waals surface area contributed by atoms with Crippen molar-refractivity contribution in [1.29, 1.82) is 0 Å². The van der Waals surface area contributed by atoms with Crippen LogP contribution in [0.15, 0.2) is 36.5 Å². The molecule has 3 aliphatic carbocycles. The first-order valence-corrected chi connectivity index (χ1v) is 9.68. The Labute approximate surface area is 158 Å². The zero-order valence-electron chi connectivity index (χ0n) is 15.7. The maximum Gasteiger partial charge on any atom is 0.224 e. The number of hydrogen-bond acceptors (Lipinski definition) is 3. The molecule has 1 aromatic heterocycles. The van der Waals surface area contributed by atoms with Crippen molar-refractivity contribution in [2.24, 2.45) is 11.8 Å². The molecule has 1 heterocycles. The van der Waals surface area contributed by atoms with E-state index in [0.29, 0.717) is 37.6 Å². The molecule has 0 spiro atoms.